The van der Waals surface area contributed by atoms with Crippen molar-refractivity contribution >= 4 is 12.1 Å². The van der Waals surface area contributed by atoms with Gasteiger partial charge in [0, 0.05) is 30.8 Å². The molecular formula is C25H29N3O7. The van der Waals surface area contributed by atoms with Crippen LogP contribution in [0.1, 0.15) is 54.7 Å². The Morgan fingerprint density at radius 3 is 2.83 bits per heavy atom. The molecule has 35 heavy (non-hydrogen) atoms. The Hall–Kier alpha value is -3.82. The fourth-order valence-electron chi connectivity index (χ4n) is 4.39. The number of para-hydroxylation sites is 1. The Labute approximate surface area is 201 Å². The first kappa shape index (κ1) is 24.3. The number of nitrogens with one attached hydrogen (secondary N) is 1. The lowest BCUT2D eigenvalue weighted by Crippen LogP contribution is -2.26. The summed E-state index contributed by atoms with van der Waals surface area (Å²) < 4.78 is 17.0. The molecule has 10 heteroatoms. The topological polar surface area (TPSA) is 137 Å². The number of benzene rings is 1. The van der Waals surface area contributed by atoms with Gasteiger partial charge >= 0.3 is 17.9 Å². The number of rotatable bonds is 11. The van der Waals surface area contributed by atoms with Gasteiger partial charge in [-0.15, -0.1) is 0 Å². The van der Waals surface area contributed by atoms with Crippen molar-refractivity contribution in [1.29, 1.82) is 0 Å². The largest absolute Gasteiger partial charge is 0.519 e. The Morgan fingerprint density at radius 1 is 1.23 bits per heavy atom. The highest BCUT2D eigenvalue weighted by atomic mass is 16.6. The zero-order valence-electron chi connectivity index (χ0n) is 19.6. The van der Waals surface area contributed by atoms with Crippen LogP contribution in [0.2, 0.25) is 0 Å². The Kier molecular flexibility index (Phi) is 7.69. The van der Waals surface area contributed by atoms with Gasteiger partial charge in [-0.1, -0.05) is 25.1 Å². The van der Waals surface area contributed by atoms with Crippen LogP contribution in [0.25, 0.3) is 5.69 Å². The van der Waals surface area contributed by atoms with Crippen molar-refractivity contribution < 1.29 is 28.3 Å². The third kappa shape index (κ3) is 5.82. The van der Waals surface area contributed by atoms with Crippen molar-refractivity contribution in [3.63, 3.8) is 0 Å². The second-order valence-electron chi connectivity index (χ2n) is 8.57. The average molecular weight is 484 g/mol. The summed E-state index contributed by atoms with van der Waals surface area (Å²) in [7, 11) is 0. The number of aryl methyl sites for hydroxylation is 2. The maximum atomic E-state index is 12.0. The van der Waals surface area contributed by atoms with Crippen molar-refractivity contribution in [3.05, 3.63) is 69.7 Å². The van der Waals surface area contributed by atoms with Gasteiger partial charge < -0.3 is 28.6 Å². The minimum atomic E-state index is -0.885. The van der Waals surface area contributed by atoms with Gasteiger partial charge in [0.05, 0.1) is 17.9 Å². The molecule has 1 atom stereocenters. The zero-order chi connectivity index (χ0) is 24.8. The number of carbonyl (C=O) groups is 2. The highest BCUT2D eigenvalue weighted by molar-refractivity contribution is 5.70. The number of ether oxygens (including phenoxy) is 1. The van der Waals surface area contributed by atoms with Crippen molar-refractivity contribution in [2.75, 3.05) is 6.54 Å². The van der Waals surface area contributed by atoms with Crippen molar-refractivity contribution in [2.45, 2.75) is 58.5 Å². The molecule has 3 aromatic rings. The summed E-state index contributed by atoms with van der Waals surface area (Å²) in [4.78, 5) is 39.6. The van der Waals surface area contributed by atoms with Crippen LogP contribution in [-0.2, 0) is 41.8 Å². The summed E-state index contributed by atoms with van der Waals surface area (Å²) in [6.07, 6.45) is 5.27. The van der Waals surface area contributed by atoms with E-state index in [1.165, 1.54) is 5.56 Å². The van der Waals surface area contributed by atoms with Crippen LogP contribution in [0.3, 0.4) is 0 Å². The van der Waals surface area contributed by atoms with Gasteiger partial charge in [-0.2, -0.15) is 0 Å². The van der Waals surface area contributed by atoms with Crippen LogP contribution < -0.4 is 11.1 Å². The first-order valence-electron chi connectivity index (χ1n) is 11.8. The molecule has 10 nitrogen and oxygen atoms in total. The molecule has 0 radical (unpaired) electrons. The van der Waals surface area contributed by atoms with Gasteiger partial charge in [0.1, 0.15) is 0 Å². The van der Waals surface area contributed by atoms with E-state index in [1.54, 1.807) is 6.33 Å². The van der Waals surface area contributed by atoms with Crippen LogP contribution in [0.4, 0.5) is 4.79 Å². The zero-order valence-corrected chi connectivity index (χ0v) is 19.6. The minimum Gasteiger partial charge on any atom is -0.481 e. The number of alkyl carbamates (subject to hydrolysis) is 1. The number of imidazole rings is 1. The third-order valence-corrected chi connectivity index (χ3v) is 6.16. The lowest BCUT2D eigenvalue weighted by atomic mass is 9.94. The van der Waals surface area contributed by atoms with Crippen LogP contribution in [0, 0.1) is 5.92 Å². The molecule has 1 aliphatic heterocycles. The second-order valence-corrected chi connectivity index (χ2v) is 8.57. The Morgan fingerprint density at radius 2 is 2.03 bits per heavy atom. The molecule has 1 amide bonds. The van der Waals surface area contributed by atoms with E-state index in [1.807, 2.05) is 25.1 Å². The monoisotopic (exact) mass is 483 g/mol. The smallest absolute Gasteiger partial charge is 0.481 e. The molecule has 0 fully saturated rings. The van der Waals surface area contributed by atoms with Crippen molar-refractivity contribution in [1.82, 2.24) is 14.9 Å². The predicted molar refractivity (Wildman–Crippen MR) is 124 cm³/mol. The van der Waals surface area contributed by atoms with E-state index in [4.69, 9.17) is 13.6 Å². The highest BCUT2D eigenvalue weighted by Gasteiger charge is 2.25. The number of carboxylic acids is 1. The third-order valence-electron chi connectivity index (χ3n) is 6.16. The summed E-state index contributed by atoms with van der Waals surface area (Å²) in [5, 5.41) is 12.3. The quantitative estimate of drug-likeness (QED) is 0.396. The molecule has 186 valence electrons. The molecule has 2 aromatic heterocycles. The van der Waals surface area contributed by atoms with E-state index in [0.29, 0.717) is 31.4 Å². The Balaban J connectivity index is 1.26. The number of nitrogens with zero attached hydrogens (tertiary/aromatic N) is 2. The summed E-state index contributed by atoms with van der Waals surface area (Å²) in [6, 6.07) is 8.16. The highest BCUT2D eigenvalue weighted by Crippen LogP contribution is 2.28. The summed E-state index contributed by atoms with van der Waals surface area (Å²) in [6.45, 7) is 1.98. The van der Waals surface area contributed by atoms with Gasteiger partial charge in [-0.3, -0.25) is 4.79 Å². The van der Waals surface area contributed by atoms with E-state index in [0.717, 1.165) is 36.3 Å². The van der Waals surface area contributed by atoms with E-state index < -0.39 is 23.8 Å². The van der Waals surface area contributed by atoms with Gasteiger partial charge in [0.25, 0.3) is 0 Å². The van der Waals surface area contributed by atoms with E-state index >= 15 is 0 Å². The van der Waals surface area contributed by atoms with Crippen LogP contribution in [-0.4, -0.2) is 33.3 Å². The maximum Gasteiger partial charge on any atom is 0.519 e. The number of hydrogen-bond donors (Lipinski definition) is 2. The maximum absolute atomic E-state index is 12.0. The fourth-order valence-corrected chi connectivity index (χ4v) is 4.39. The Bertz CT molecular complexity index is 1240. The van der Waals surface area contributed by atoms with Crippen LogP contribution >= 0.6 is 0 Å². The van der Waals surface area contributed by atoms with Crippen LogP contribution in [0.15, 0.2) is 44.2 Å². The molecule has 2 N–H and O–H groups in total. The molecule has 0 unspecified atom stereocenters. The number of fused-ring (bicyclic) bond motifs is 3. The van der Waals surface area contributed by atoms with E-state index in [9.17, 15) is 19.5 Å². The molecule has 1 aromatic carbocycles. The number of aromatic nitrogens is 2. The first-order chi connectivity index (χ1) is 17.0. The molecule has 0 bridgehead atoms. The number of carboxylic acid groups (broad SMARTS) is 1. The lowest BCUT2D eigenvalue weighted by Gasteiger charge is -2.20. The number of aliphatic carboxylic acids is 1. The second kappa shape index (κ2) is 11.1. The summed E-state index contributed by atoms with van der Waals surface area (Å²) >= 11 is 0. The van der Waals surface area contributed by atoms with Gasteiger partial charge in [0.2, 0.25) is 0 Å². The number of hydrogen-bond acceptors (Lipinski definition) is 7. The average Bonchev–Trinajstić information content (AvgIpc) is 3.42. The molecule has 0 saturated carbocycles. The predicted octanol–water partition coefficient (Wildman–Crippen LogP) is 3.42. The summed E-state index contributed by atoms with van der Waals surface area (Å²) in [5.41, 5.74) is 4.22. The number of amides is 1. The van der Waals surface area contributed by atoms with E-state index in [2.05, 4.69) is 20.9 Å². The molecule has 4 rings (SSSR count). The normalized spacial score (nSPS) is 13.1. The fraction of sp³-hybridized carbons (Fsp3) is 0.440. The first-order valence-corrected chi connectivity index (χ1v) is 11.8. The number of carbonyl (C=O) groups excluding carboxylic acids is 1. The van der Waals surface area contributed by atoms with Crippen molar-refractivity contribution in [2.24, 2.45) is 5.92 Å². The standard InChI is InChI=1S/C25H29N3O7/c1-2-6-21-22(35-25(32)34-21)14-33-24(31)26-12-5-8-17(23(29)30)13-18-20-11-10-16-7-3-4-9-19(16)28(20)15-27-18/h3-4,7,9,15,17H,2,5-6,8,10-14H2,1H3,(H,26,31)(H,29,30)/t17-/m0/s1. The van der Waals surface area contributed by atoms with Gasteiger partial charge in [0.15, 0.2) is 18.1 Å². The summed E-state index contributed by atoms with van der Waals surface area (Å²) in [5.74, 6) is -1.75. The van der Waals surface area contributed by atoms with E-state index in [-0.39, 0.29) is 18.9 Å². The molecule has 3 heterocycles. The molecular weight excluding hydrogens is 454 g/mol. The van der Waals surface area contributed by atoms with Crippen LogP contribution in [0.5, 0.6) is 0 Å². The molecule has 1 aliphatic rings. The van der Waals surface area contributed by atoms with Gasteiger partial charge in [-0.05, 0) is 43.7 Å². The lowest BCUT2D eigenvalue weighted by molar-refractivity contribution is -0.142. The van der Waals surface area contributed by atoms with Crippen molar-refractivity contribution in [3.8, 4) is 5.69 Å². The molecule has 0 saturated heterocycles. The molecule has 0 spiro atoms. The van der Waals surface area contributed by atoms with Gasteiger partial charge in [-0.25, -0.2) is 14.6 Å². The molecule has 0 aliphatic carbocycles. The minimum absolute atomic E-state index is 0.198. The SMILES string of the molecule is CCCc1oc(=O)oc1COC(=O)NCCC[C@@H](Cc1ncn2c1CCc1ccccc1-2)C(=O)O.